The van der Waals surface area contributed by atoms with Crippen molar-refractivity contribution in [3.8, 4) is 0 Å². The molecule has 1 unspecified atom stereocenters. The van der Waals surface area contributed by atoms with Gasteiger partial charge in [0.1, 0.15) is 0 Å². The van der Waals surface area contributed by atoms with Crippen LogP contribution in [0.4, 0.5) is 0 Å². The van der Waals surface area contributed by atoms with Gasteiger partial charge in [-0.3, -0.25) is 14.5 Å². The maximum Gasteiger partial charge on any atom is 0.251 e. The molecule has 0 radical (unpaired) electrons. The second kappa shape index (κ2) is 8.15. The average molecular weight is 377 g/mol. The topological polar surface area (TPSA) is 52.7 Å². The molecule has 2 aromatic carbocycles. The Morgan fingerprint density at radius 3 is 2.39 bits per heavy atom. The Morgan fingerprint density at radius 2 is 1.71 bits per heavy atom. The molecule has 0 spiro atoms. The van der Waals surface area contributed by atoms with Crippen LogP contribution < -0.4 is 5.32 Å². The second-order valence-electron chi connectivity index (χ2n) is 7.82. The van der Waals surface area contributed by atoms with E-state index in [-0.39, 0.29) is 23.9 Å². The molecule has 2 saturated heterocycles. The number of piperidine rings is 1. The molecular weight excluding hydrogens is 350 g/mol. The third kappa shape index (κ3) is 3.94. The zero-order chi connectivity index (χ0) is 19.5. The summed E-state index contributed by atoms with van der Waals surface area (Å²) in [4.78, 5) is 28.9. The van der Waals surface area contributed by atoms with Gasteiger partial charge in [-0.25, -0.2) is 0 Å². The summed E-state index contributed by atoms with van der Waals surface area (Å²) in [6.45, 7) is 4.43. The van der Waals surface area contributed by atoms with Gasteiger partial charge in [0, 0.05) is 24.7 Å². The van der Waals surface area contributed by atoms with Crippen LogP contribution in [0, 0.1) is 6.92 Å². The summed E-state index contributed by atoms with van der Waals surface area (Å²) in [5, 5.41) is 3.18. The van der Waals surface area contributed by atoms with Crippen molar-refractivity contribution in [2.45, 2.75) is 38.3 Å². The van der Waals surface area contributed by atoms with Crippen LogP contribution in [-0.4, -0.2) is 47.4 Å². The monoisotopic (exact) mass is 377 g/mol. The van der Waals surface area contributed by atoms with Crippen LogP contribution in [0.15, 0.2) is 54.6 Å². The predicted molar refractivity (Wildman–Crippen MR) is 109 cm³/mol. The van der Waals surface area contributed by atoms with Crippen molar-refractivity contribution in [3.63, 3.8) is 0 Å². The molecule has 0 bridgehead atoms. The van der Waals surface area contributed by atoms with Gasteiger partial charge in [-0.1, -0.05) is 48.5 Å². The van der Waals surface area contributed by atoms with Crippen LogP contribution in [0.3, 0.4) is 0 Å². The summed E-state index contributed by atoms with van der Waals surface area (Å²) in [6.07, 6.45) is 2.43. The van der Waals surface area contributed by atoms with E-state index in [9.17, 15) is 9.59 Å². The summed E-state index contributed by atoms with van der Waals surface area (Å²) in [6, 6.07) is 18.3. The van der Waals surface area contributed by atoms with E-state index in [2.05, 4.69) is 22.3 Å². The molecule has 1 N–H and O–H groups in total. The van der Waals surface area contributed by atoms with Crippen LogP contribution >= 0.6 is 0 Å². The number of nitrogens with one attached hydrogen (secondary N) is 1. The number of nitrogens with zero attached hydrogens (tertiary/aromatic N) is 2. The molecule has 0 aromatic heterocycles. The third-order valence-corrected chi connectivity index (χ3v) is 5.91. The van der Waals surface area contributed by atoms with Crippen LogP contribution in [0.25, 0.3) is 0 Å². The minimum Gasteiger partial charge on any atom is -0.349 e. The Hall–Kier alpha value is -2.66. The highest BCUT2D eigenvalue weighted by Gasteiger charge is 2.38. The standard InChI is InChI=1S/C23H27N3O2/c1-17-7-5-6-10-20(17)23(28)24-19-11-13-25(14-12-19)16-26-21(15-22(26)27)18-8-3-2-4-9-18/h2-10,19,21H,11-16H2,1H3,(H,24,28). The van der Waals surface area contributed by atoms with E-state index in [0.29, 0.717) is 13.1 Å². The van der Waals surface area contributed by atoms with Gasteiger partial charge in [-0.15, -0.1) is 0 Å². The first-order valence-electron chi connectivity index (χ1n) is 10.0. The molecule has 28 heavy (non-hydrogen) atoms. The van der Waals surface area contributed by atoms with Crippen LogP contribution in [0.5, 0.6) is 0 Å². The molecule has 4 rings (SSSR count). The van der Waals surface area contributed by atoms with Crippen molar-refractivity contribution in [2.75, 3.05) is 19.8 Å². The van der Waals surface area contributed by atoms with Crippen molar-refractivity contribution >= 4 is 11.8 Å². The lowest BCUT2D eigenvalue weighted by Crippen LogP contribution is -2.54. The highest BCUT2D eigenvalue weighted by Crippen LogP contribution is 2.34. The fraction of sp³-hybridized carbons (Fsp3) is 0.391. The molecule has 146 valence electrons. The third-order valence-electron chi connectivity index (χ3n) is 5.91. The van der Waals surface area contributed by atoms with Gasteiger partial charge in [0.25, 0.3) is 5.91 Å². The Bertz CT molecular complexity index is 844. The minimum absolute atomic E-state index is 0.0126. The van der Waals surface area contributed by atoms with Gasteiger partial charge < -0.3 is 10.2 Å². The molecule has 2 aromatic rings. The van der Waals surface area contributed by atoms with Crippen LogP contribution in [-0.2, 0) is 4.79 Å². The Labute approximate surface area is 166 Å². The lowest BCUT2D eigenvalue weighted by Gasteiger charge is -2.45. The van der Waals surface area contributed by atoms with E-state index in [1.165, 1.54) is 5.56 Å². The molecule has 5 nitrogen and oxygen atoms in total. The maximum atomic E-state index is 12.5. The first-order chi connectivity index (χ1) is 13.6. The van der Waals surface area contributed by atoms with Crippen LogP contribution in [0.2, 0.25) is 0 Å². The normalized spacial score (nSPS) is 20.7. The zero-order valence-electron chi connectivity index (χ0n) is 16.3. The van der Waals surface area contributed by atoms with Gasteiger partial charge in [-0.2, -0.15) is 0 Å². The Balaban J connectivity index is 1.28. The van der Waals surface area contributed by atoms with Gasteiger partial charge in [-0.05, 0) is 37.0 Å². The number of hydrogen-bond acceptors (Lipinski definition) is 3. The van der Waals surface area contributed by atoms with E-state index >= 15 is 0 Å². The van der Waals surface area contributed by atoms with Gasteiger partial charge in [0.05, 0.1) is 19.1 Å². The van der Waals surface area contributed by atoms with E-state index < -0.39 is 0 Å². The molecule has 2 fully saturated rings. The number of likely N-dealkylation sites (tertiary alicyclic amines) is 2. The number of aryl methyl sites for hydroxylation is 1. The predicted octanol–water partition coefficient (Wildman–Crippen LogP) is 3.12. The average Bonchev–Trinajstić information content (AvgIpc) is 2.72. The zero-order valence-corrected chi connectivity index (χ0v) is 16.3. The first-order valence-corrected chi connectivity index (χ1v) is 10.0. The molecule has 2 aliphatic rings. The summed E-state index contributed by atoms with van der Waals surface area (Å²) >= 11 is 0. The summed E-state index contributed by atoms with van der Waals surface area (Å²) in [7, 11) is 0. The molecule has 2 heterocycles. The molecular formula is C23H27N3O2. The van der Waals surface area contributed by atoms with Gasteiger partial charge in [0.15, 0.2) is 0 Å². The van der Waals surface area contributed by atoms with E-state index in [1.54, 1.807) is 0 Å². The summed E-state index contributed by atoms with van der Waals surface area (Å²) < 4.78 is 0. The molecule has 2 amide bonds. The molecule has 5 heteroatoms. The molecule has 1 atom stereocenters. The largest absolute Gasteiger partial charge is 0.349 e. The number of carbonyl (C=O) groups is 2. The summed E-state index contributed by atoms with van der Waals surface area (Å²) in [5.41, 5.74) is 2.96. The Morgan fingerprint density at radius 1 is 1.04 bits per heavy atom. The number of rotatable bonds is 5. The lowest BCUT2D eigenvalue weighted by molar-refractivity contribution is -0.150. The van der Waals surface area contributed by atoms with E-state index in [0.717, 1.165) is 37.1 Å². The van der Waals surface area contributed by atoms with Crippen molar-refractivity contribution in [2.24, 2.45) is 0 Å². The van der Waals surface area contributed by atoms with Crippen molar-refractivity contribution in [1.29, 1.82) is 0 Å². The maximum absolute atomic E-state index is 12.5. The number of hydrogen-bond donors (Lipinski definition) is 1. The number of carbonyl (C=O) groups excluding carboxylic acids is 2. The quantitative estimate of drug-likeness (QED) is 0.815. The van der Waals surface area contributed by atoms with Crippen molar-refractivity contribution in [1.82, 2.24) is 15.1 Å². The summed E-state index contributed by atoms with van der Waals surface area (Å²) in [5.74, 6) is 0.238. The van der Waals surface area contributed by atoms with E-state index in [4.69, 9.17) is 0 Å². The molecule has 2 aliphatic heterocycles. The lowest BCUT2D eigenvalue weighted by atomic mass is 9.94. The second-order valence-corrected chi connectivity index (χ2v) is 7.82. The highest BCUT2D eigenvalue weighted by molar-refractivity contribution is 5.95. The fourth-order valence-electron chi connectivity index (χ4n) is 4.13. The van der Waals surface area contributed by atoms with Gasteiger partial charge in [0.2, 0.25) is 5.91 Å². The van der Waals surface area contributed by atoms with Gasteiger partial charge >= 0.3 is 0 Å². The number of amides is 2. The number of β-lactam (4-membered cyclic amide) rings is 1. The van der Waals surface area contributed by atoms with Crippen molar-refractivity contribution in [3.05, 3.63) is 71.3 Å². The molecule has 0 saturated carbocycles. The SMILES string of the molecule is Cc1ccccc1C(=O)NC1CCN(CN2C(=O)CC2c2ccccc2)CC1. The smallest absolute Gasteiger partial charge is 0.251 e. The van der Waals surface area contributed by atoms with Crippen LogP contribution in [0.1, 0.15) is 46.8 Å². The minimum atomic E-state index is 0.0126. The number of benzene rings is 2. The Kier molecular flexibility index (Phi) is 5.44. The fourth-order valence-corrected chi connectivity index (χ4v) is 4.13. The van der Waals surface area contributed by atoms with Crippen molar-refractivity contribution < 1.29 is 9.59 Å². The van der Waals surface area contributed by atoms with E-state index in [1.807, 2.05) is 54.3 Å². The highest BCUT2D eigenvalue weighted by atomic mass is 16.2. The molecule has 0 aliphatic carbocycles. The first kappa shape index (κ1) is 18.7.